The topological polar surface area (TPSA) is 57.6 Å². The minimum Gasteiger partial charge on any atom is -0.511 e. The highest BCUT2D eigenvalue weighted by Gasteiger charge is 2.40. The Kier molecular flexibility index (Phi) is 3.92. The Morgan fingerprint density at radius 3 is 2.50 bits per heavy atom. The predicted octanol–water partition coefficient (Wildman–Crippen LogP) is 4.13. The van der Waals surface area contributed by atoms with Crippen LogP contribution in [0.2, 0.25) is 0 Å². The van der Waals surface area contributed by atoms with Crippen molar-refractivity contribution in [1.29, 1.82) is 0 Å². The van der Waals surface area contributed by atoms with E-state index >= 15 is 0 Å². The summed E-state index contributed by atoms with van der Waals surface area (Å²) in [7, 11) is -3.67. The first-order valence-corrected chi connectivity index (χ1v) is 10.1. The van der Waals surface area contributed by atoms with Crippen molar-refractivity contribution in [3.05, 3.63) is 83.6 Å². The van der Waals surface area contributed by atoms with E-state index < -0.39 is 15.4 Å². The van der Waals surface area contributed by atoms with Gasteiger partial charge in [0.1, 0.15) is 5.76 Å². The highest BCUT2D eigenvalue weighted by Crippen LogP contribution is 2.44. The zero-order valence-corrected chi connectivity index (χ0v) is 15.4. The number of aliphatic hydroxyl groups excluding tert-OH is 1. The molecular formula is C21H21NO3S. The molecule has 0 saturated heterocycles. The van der Waals surface area contributed by atoms with Crippen molar-refractivity contribution < 1.29 is 13.5 Å². The number of rotatable bonds is 2. The number of sulfonamides is 1. The van der Waals surface area contributed by atoms with Gasteiger partial charge in [-0.05, 0) is 49.6 Å². The Balaban J connectivity index is 1.82. The van der Waals surface area contributed by atoms with Crippen LogP contribution < -0.4 is 4.31 Å². The SMILES string of the molecule is Cc1ccc(S(=O)(=O)N2CCC3(C=CC=C3O)Cc3ccccc32)cc1. The van der Waals surface area contributed by atoms with Crippen LogP contribution in [0.15, 0.2) is 77.4 Å². The maximum Gasteiger partial charge on any atom is 0.264 e. The number of hydrogen-bond donors (Lipinski definition) is 1. The van der Waals surface area contributed by atoms with Crippen LogP contribution in [0.5, 0.6) is 0 Å². The van der Waals surface area contributed by atoms with Crippen LogP contribution in [0.4, 0.5) is 5.69 Å². The van der Waals surface area contributed by atoms with Crippen molar-refractivity contribution in [2.45, 2.75) is 24.7 Å². The molecule has 1 heterocycles. The van der Waals surface area contributed by atoms with Gasteiger partial charge in [-0.25, -0.2) is 8.42 Å². The Labute approximate surface area is 154 Å². The lowest BCUT2D eigenvalue weighted by molar-refractivity contribution is 0.264. The number of aryl methyl sites for hydroxylation is 1. The van der Waals surface area contributed by atoms with Gasteiger partial charge in [0.05, 0.1) is 16.0 Å². The van der Waals surface area contributed by atoms with E-state index in [0.29, 0.717) is 30.8 Å². The summed E-state index contributed by atoms with van der Waals surface area (Å²) in [4.78, 5) is 0.288. The standard InChI is InChI=1S/C21H21NO3S/c1-16-8-10-18(11-9-16)26(24,25)22-14-13-21(12-4-7-20(21)23)15-17-5-2-3-6-19(17)22/h2-12,23H,13-15H2,1H3. The first-order valence-electron chi connectivity index (χ1n) is 8.69. The average Bonchev–Trinajstić information content (AvgIpc) is 2.87. The number of hydrogen-bond acceptors (Lipinski definition) is 3. The number of anilines is 1. The molecule has 0 amide bonds. The fraction of sp³-hybridized carbons (Fsp3) is 0.238. The molecule has 0 saturated carbocycles. The van der Waals surface area contributed by atoms with Gasteiger partial charge in [0, 0.05) is 6.54 Å². The van der Waals surface area contributed by atoms with E-state index in [-0.39, 0.29) is 4.90 Å². The van der Waals surface area contributed by atoms with Crippen molar-refractivity contribution in [1.82, 2.24) is 0 Å². The maximum atomic E-state index is 13.3. The molecule has 2 aliphatic rings. The molecule has 1 N–H and O–H groups in total. The van der Waals surface area contributed by atoms with Crippen LogP contribution in [0, 0.1) is 12.3 Å². The smallest absolute Gasteiger partial charge is 0.264 e. The van der Waals surface area contributed by atoms with E-state index in [1.165, 1.54) is 4.31 Å². The minimum absolute atomic E-state index is 0.288. The zero-order valence-electron chi connectivity index (χ0n) is 14.6. The van der Waals surface area contributed by atoms with Crippen molar-refractivity contribution in [2.75, 3.05) is 10.8 Å². The third-order valence-corrected chi connectivity index (χ3v) is 7.14. The van der Waals surface area contributed by atoms with Gasteiger partial charge in [0.25, 0.3) is 10.0 Å². The van der Waals surface area contributed by atoms with Crippen LogP contribution in [0.3, 0.4) is 0 Å². The largest absolute Gasteiger partial charge is 0.511 e. The summed E-state index contributed by atoms with van der Waals surface area (Å²) >= 11 is 0. The molecule has 4 rings (SSSR count). The number of aliphatic hydroxyl groups is 1. The Hall–Kier alpha value is -2.53. The third kappa shape index (κ3) is 2.63. The van der Waals surface area contributed by atoms with Gasteiger partial charge in [-0.15, -0.1) is 0 Å². The second kappa shape index (κ2) is 6.02. The lowest BCUT2D eigenvalue weighted by Gasteiger charge is -2.27. The molecule has 0 aromatic heterocycles. The summed E-state index contributed by atoms with van der Waals surface area (Å²) in [6.45, 7) is 2.25. The molecule has 1 aliphatic carbocycles. The fourth-order valence-corrected chi connectivity index (χ4v) is 5.28. The van der Waals surface area contributed by atoms with Crippen LogP contribution >= 0.6 is 0 Å². The average molecular weight is 367 g/mol. The second-order valence-corrected chi connectivity index (χ2v) is 8.88. The first kappa shape index (κ1) is 16.9. The van der Waals surface area contributed by atoms with Crippen LogP contribution in [0.1, 0.15) is 17.5 Å². The third-order valence-electron chi connectivity index (χ3n) is 5.32. The molecular weight excluding hydrogens is 346 g/mol. The lowest BCUT2D eigenvalue weighted by Crippen LogP contribution is -2.33. The van der Waals surface area contributed by atoms with Gasteiger partial charge in [0.15, 0.2) is 0 Å². The van der Waals surface area contributed by atoms with Crippen molar-refractivity contribution in [3.8, 4) is 0 Å². The maximum absolute atomic E-state index is 13.3. The van der Waals surface area contributed by atoms with E-state index in [0.717, 1.165) is 11.1 Å². The van der Waals surface area contributed by atoms with Crippen molar-refractivity contribution >= 4 is 15.7 Å². The summed E-state index contributed by atoms with van der Waals surface area (Å²) in [5.41, 5.74) is 2.11. The summed E-state index contributed by atoms with van der Waals surface area (Å²) in [6, 6.07) is 14.5. The monoisotopic (exact) mass is 367 g/mol. The Morgan fingerprint density at radius 1 is 1.08 bits per heavy atom. The van der Waals surface area contributed by atoms with Gasteiger partial charge in [0.2, 0.25) is 0 Å². The van der Waals surface area contributed by atoms with Crippen LogP contribution in [-0.4, -0.2) is 20.1 Å². The molecule has 1 spiro atoms. The number of para-hydroxylation sites is 1. The number of fused-ring (bicyclic) bond motifs is 1. The van der Waals surface area contributed by atoms with Crippen LogP contribution in [0.25, 0.3) is 0 Å². The van der Waals surface area contributed by atoms with Gasteiger partial charge in [-0.1, -0.05) is 48.0 Å². The highest BCUT2D eigenvalue weighted by molar-refractivity contribution is 7.92. The Bertz CT molecular complexity index is 1010. The number of allylic oxidation sites excluding steroid dienone is 3. The number of benzene rings is 2. The van der Waals surface area contributed by atoms with Crippen molar-refractivity contribution in [3.63, 3.8) is 0 Å². The normalized spacial score (nSPS) is 22.2. The lowest BCUT2D eigenvalue weighted by atomic mass is 9.79. The van der Waals surface area contributed by atoms with E-state index in [9.17, 15) is 13.5 Å². The van der Waals surface area contributed by atoms with E-state index in [4.69, 9.17) is 0 Å². The molecule has 2 aromatic carbocycles. The minimum atomic E-state index is -3.67. The molecule has 1 aliphatic heterocycles. The molecule has 0 fully saturated rings. The molecule has 26 heavy (non-hydrogen) atoms. The molecule has 0 radical (unpaired) electrons. The van der Waals surface area contributed by atoms with E-state index in [2.05, 4.69) is 0 Å². The second-order valence-electron chi connectivity index (χ2n) is 7.01. The predicted molar refractivity (Wildman–Crippen MR) is 103 cm³/mol. The molecule has 5 heteroatoms. The Morgan fingerprint density at radius 2 is 1.81 bits per heavy atom. The van der Waals surface area contributed by atoms with Gasteiger partial charge in [-0.3, -0.25) is 4.31 Å². The molecule has 1 atom stereocenters. The quantitative estimate of drug-likeness (QED) is 0.868. The van der Waals surface area contributed by atoms with E-state index in [1.807, 2.05) is 55.5 Å². The summed E-state index contributed by atoms with van der Waals surface area (Å²) < 4.78 is 28.1. The summed E-state index contributed by atoms with van der Waals surface area (Å²) in [5, 5.41) is 10.4. The van der Waals surface area contributed by atoms with Gasteiger partial charge >= 0.3 is 0 Å². The highest BCUT2D eigenvalue weighted by atomic mass is 32.2. The molecule has 0 bridgehead atoms. The van der Waals surface area contributed by atoms with Gasteiger partial charge in [-0.2, -0.15) is 0 Å². The van der Waals surface area contributed by atoms with Crippen molar-refractivity contribution in [2.24, 2.45) is 5.41 Å². The molecule has 134 valence electrons. The molecule has 4 nitrogen and oxygen atoms in total. The van der Waals surface area contributed by atoms with Gasteiger partial charge < -0.3 is 5.11 Å². The summed E-state index contributed by atoms with van der Waals surface area (Å²) in [5.74, 6) is 0.307. The van der Waals surface area contributed by atoms with E-state index in [1.54, 1.807) is 18.2 Å². The van der Waals surface area contributed by atoms with Crippen LogP contribution in [-0.2, 0) is 16.4 Å². The zero-order chi connectivity index (χ0) is 18.4. The molecule has 1 unspecified atom stereocenters. The first-order chi connectivity index (χ1) is 12.4. The summed E-state index contributed by atoms with van der Waals surface area (Å²) in [6.07, 6.45) is 6.66. The molecule has 2 aromatic rings. The number of nitrogens with zero attached hydrogens (tertiary/aromatic N) is 1. The fourth-order valence-electron chi connectivity index (χ4n) is 3.78.